The molecule has 2 aliphatic rings. The van der Waals surface area contributed by atoms with Gasteiger partial charge in [-0.1, -0.05) is 23.2 Å². The van der Waals surface area contributed by atoms with Crippen molar-refractivity contribution in [3.63, 3.8) is 0 Å². The van der Waals surface area contributed by atoms with E-state index in [0.29, 0.717) is 42.3 Å². The Kier molecular flexibility index (Phi) is 5.20. The molecule has 0 bridgehead atoms. The van der Waals surface area contributed by atoms with Crippen LogP contribution in [-0.4, -0.2) is 40.2 Å². The highest BCUT2D eigenvalue weighted by molar-refractivity contribution is 6.31. The number of benzene rings is 2. The number of amides is 1. The average molecular weight is 449 g/mol. The highest BCUT2D eigenvalue weighted by Gasteiger charge is 2.44. The van der Waals surface area contributed by atoms with Gasteiger partial charge in [-0.2, -0.15) is 0 Å². The third-order valence-electron chi connectivity index (χ3n) is 5.69. The molecular formula is C21H18Cl2N2O5. The number of likely N-dealkylation sites (tertiary alicyclic amines) is 1. The van der Waals surface area contributed by atoms with Crippen LogP contribution < -0.4 is 4.74 Å². The van der Waals surface area contributed by atoms with Crippen molar-refractivity contribution in [2.75, 3.05) is 13.1 Å². The molecule has 1 spiro atoms. The molecule has 0 radical (unpaired) electrons. The number of carbonyl (C=O) groups is 2. The lowest BCUT2D eigenvalue weighted by molar-refractivity contribution is -0.385. The van der Waals surface area contributed by atoms with Crippen LogP contribution in [0.5, 0.6) is 5.75 Å². The first-order valence-corrected chi connectivity index (χ1v) is 10.2. The molecule has 0 aliphatic carbocycles. The fraction of sp³-hybridized carbons (Fsp3) is 0.333. The second-order valence-electron chi connectivity index (χ2n) is 7.70. The Balaban J connectivity index is 1.54. The van der Waals surface area contributed by atoms with Crippen LogP contribution in [0.15, 0.2) is 30.3 Å². The Morgan fingerprint density at radius 2 is 1.87 bits per heavy atom. The summed E-state index contributed by atoms with van der Waals surface area (Å²) in [6, 6.07) is 7.38. The Labute approximate surface area is 182 Å². The molecule has 2 aromatic rings. The summed E-state index contributed by atoms with van der Waals surface area (Å²) in [5, 5.41) is 12.0. The van der Waals surface area contributed by atoms with Crippen molar-refractivity contribution in [3.05, 3.63) is 67.2 Å². The molecule has 9 heteroatoms. The summed E-state index contributed by atoms with van der Waals surface area (Å²) in [6.07, 6.45) is 1.11. The monoisotopic (exact) mass is 448 g/mol. The number of rotatable bonds is 2. The lowest BCUT2D eigenvalue weighted by atomic mass is 9.82. The number of fused-ring (bicyclic) bond motifs is 1. The molecular weight excluding hydrogens is 431 g/mol. The molecule has 1 fully saturated rings. The molecule has 2 heterocycles. The molecule has 1 amide bonds. The van der Waals surface area contributed by atoms with Gasteiger partial charge in [0.15, 0.2) is 5.78 Å². The molecule has 4 rings (SSSR count). The highest BCUT2D eigenvalue weighted by atomic mass is 35.5. The van der Waals surface area contributed by atoms with Crippen LogP contribution in [0.4, 0.5) is 5.69 Å². The van der Waals surface area contributed by atoms with E-state index in [2.05, 4.69) is 0 Å². The van der Waals surface area contributed by atoms with Crippen LogP contribution in [0, 0.1) is 17.0 Å². The van der Waals surface area contributed by atoms with Gasteiger partial charge in [0.25, 0.3) is 11.6 Å². The maximum absolute atomic E-state index is 12.9. The van der Waals surface area contributed by atoms with Gasteiger partial charge >= 0.3 is 0 Å². The molecule has 2 aliphatic heterocycles. The van der Waals surface area contributed by atoms with E-state index in [9.17, 15) is 19.7 Å². The van der Waals surface area contributed by atoms with Gasteiger partial charge in [-0.05, 0) is 36.8 Å². The SMILES string of the molecule is Cc1cc(Cl)cc2c1OC1(CCN(C(=O)c3ccc(Cl)cc3[N+](=O)[O-])CC1)CC2=O. The lowest BCUT2D eigenvalue weighted by Gasteiger charge is -2.44. The number of piperidine rings is 1. The number of nitro groups is 1. The van der Waals surface area contributed by atoms with Crippen molar-refractivity contribution >= 4 is 40.6 Å². The minimum atomic E-state index is -0.689. The first-order valence-electron chi connectivity index (χ1n) is 9.45. The van der Waals surface area contributed by atoms with Crippen molar-refractivity contribution in [1.29, 1.82) is 0 Å². The Hall–Kier alpha value is -2.64. The minimum absolute atomic E-state index is 0.00294. The predicted molar refractivity (Wildman–Crippen MR) is 112 cm³/mol. The predicted octanol–water partition coefficient (Wildman–Crippen LogP) is 4.85. The molecule has 1 saturated heterocycles. The molecule has 7 nitrogen and oxygen atoms in total. The van der Waals surface area contributed by atoms with Gasteiger partial charge in [-0.25, -0.2) is 0 Å². The summed E-state index contributed by atoms with van der Waals surface area (Å²) in [6.45, 7) is 2.50. The number of hydrogen-bond donors (Lipinski definition) is 0. The van der Waals surface area contributed by atoms with Crippen molar-refractivity contribution in [1.82, 2.24) is 4.90 Å². The van der Waals surface area contributed by atoms with Crippen molar-refractivity contribution in [2.45, 2.75) is 31.8 Å². The van der Waals surface area contributed by atoms with Crippen LogP contribution in [0.1, 0.15) is 45.5 Å². The second kappa shape index (κ2) is 7.56. The van der Waals surface area contributed by atoms with E-state index in [-0.39, 0.29) is 28.5 Å². The Morgan fingerprint density at radius 1 is 1.17 bits per heavy atom. The largest absolute Gasteiger partial charge is 0.486 e. The van der Waals surface area contributed by atoms with Gasteiger partial charge in [-0.3, -0.25) is 19.7 Å². The smallest absolute Gasteiger partial charge is 0.283 e. The summed E-state index contributed by atoms with van der Waals surface area (Å²) < 4.78 is 6.28. The van der Waals surface area contributed by atoms with Gasteiger partial charge in [0.05, 0.1) is 16.9 Å². The van der Waals surface area contributed by atoms with E-state index in [0.717, 1.165) is 5.56 Å². The maximum Gasteiger partial charge on any atom is 0.283 e. The highest BCUT2D eigenvalue weighted by Crippen LogP contribution is 2.42. The number of nitro benzene ring substituents is 1. The number of ketones is 1. The minimum Gasteiger partial charge on any atom is -0.486 e. The van der Waals surface area contributed by atoms with Crippen molar-refractivity contribution in [2.24, 2.45) is 0 Å². The van der Waals surface area contributed by atoms with Crippen LogP contribution in [0.3, 0.4) is 0 Å². The number of nitrogens with zero attached hydrogens (tertiary/aromatic N) is 2. The van der Waals surface area contributed by atoms with Crippen LogP contribution in [0.25, 0.3) is 0 Å². The van der Waals surface area contributed by atoms with E-state index < -0.39 is 16.4 Å². The van der Waals surface area contributed by atoms with Gasteiger partial charge in [0.1, 0.15) is 16.9 Å². The van der Waals surface area contributed by atoms with E-state index in [1.807, 2.05) is 6.92 Å². The fourth-order valence-electron chi connectivity index (χ4n) is 4.12. The van der Waals surface area contributed by atoms with E-state index >= 15 is 0 Å². The van der Waals surface area contributed by atoms with Crippen molar-refractivity contribution in [3.8, 4) is 5.75 Å². The van der Waals surface area contributed by atoms with Crippen LogP contribution >= 0.6 is 23.2 Å². The standard InChI is InChI=1S/C21H18Cl2N2O5/c1-12-8-14(23)9-16-18(26)11-21(30-19(12)16)4-6-24(7-5-21)20(27)15-3-2-13(22)10-17(15)25(28)29/h2-3,8-10H,4-7,11H2,1H3. The summed E-state index contributed by atoms with van der Waals surface area (Å²) in [7, 11) is 0. The fourth-order valence-corrected chi connectivity index (χ4v) is 4.56. The number of halogens is 2. The van der Waals surface area contributed by atoms with Gasteiger partial charge in [0.2, 0.25) is 0 Å². The zero-order chi connectivity index (χ0) is 21.6. The van der Waals surface area contributed by atoms with Crippen LogP contribution in [-0.2, 0) is 0 Å². The molecule has 0 atom stereocenters. The lowest BCUT2D eigenvalue weighted by Crippen LogP contribution is -2.52. The normalized spacial score (nSPS) is 17.4. The third kappa shape index (κ3) is 3.63. The molecule has 30 heavy (non-hydrogen) atoms. The molecule has 2 aromatic carbocycles. The number of hydrogen-bond acceptors (Lipinski definition) is 5. The van der Waals surface area contributed by atoms with Crippen molar-refractivity contribution < 1.29 is 19.2 Å². The number of aryl methyl sites for hydroxylation is 1. The van der Waals surface area contributed by atoms with E-state index in [1.54, 1.807) is 17.0 Å². The first-order chi connectivity index (χ1) is 14.2. The summed E-state index contributed by atoms with van der Waals surface area (Å²) >= 11 is 11.9. The molecule has 0 saturated carbocycles. The quantitative estimate of drug-likeness (QED) is 0.483. The van der Waals surface area contributed by atoms with E-state index in [1.165, 1.54) is 18.2 Å². The summed E-state index contributed by atoms with van der Waals surface area (Å²) in [4.78, 5) is 37.9. The van der Waals surface area contributed by atoms with E-state index in [4.69, 9.17) is 27.9 Å². The summed E-state index contributed by atoms with van der Waals surface area (Å²) in [5.74, 6) is 0.0810. The number of carbonyl (C=O) groups excluding carboxylic acids is 2. The molecule has 0 unspecified atom stereocenters. The zero-order valence-corrected chi connectivity index (χ0v) is 17.6. The number of ether oxygens (including phenoxy) is 1. The Morgan fingerprint density at radius 3 is 2.53 bits per heavy atom. The molecule has 0 aromatic heterocycles. The third-order valence-corrected chi connectivity index (χ3v) is 6.14. The zero-order valence-electron chi connectivity index (χ0n) is 16.1. The first kappa shape index (κ1) is 20.6. The van der Waals surface area contributed by atoms with Crippen LogP contribution in [0.2, 0.25) is 10.0 Å². The van der Waals surface area contributed by atoms with Gasteiger partial charge in [0, 0.05) is 42.0 Å². The summed E-state index contributed by atoms with van der Waals surface area (Å²) in [5.41, 5.74) is 0.266. The molecule has 156 valence electrons. The van der Waals surface area contributed by atoms with Gasteiger partial charge < -0.3 is 9.64 Å². The Bertz CT molecular complexity index is 1080. The molecule has 0 N–H and O–H groups in total. The maximum atomic E-state index is 12.9. The number of Topliss-reactive ketones (excluding diaryl/α,β-unsaturated/α-hetero) is 1. The van der Waals surface area contributed by atoms with Gasteiger partial charge in [-0.15, -0.1) is 0 Å². The topological polar surface area (TPSA) is 89.8 Å². The second-order valence-corrected chi connectivity index (χ2v) is 8.57. The average Bonchev–Trinajstić information content (AvgIpc) is 2.69.